The summed E-state index contributed by atoms with van der Waals surface area (Å²) >= 11 is 1.49. The van der Waals surface area contributed by atoms with Crippen molar-refractivity contribution in [3.63, 3.8) is 0 Å². The molecule has 0 fully saturated rings. The molecule has 1 heterocycles. The maximum absolute atomic E-state index is 11.3. The molecule has 0 spiro atoms. The van der Waals surface area contributed by atoms with E-state index in [4.69, 9.17) is 0 Å². The molecule has 0 saturated carbocycles. The van der Waals surface area contributed by atoms with E-state index in [9.17, 15) is 4.79 Å². The molecule has 1 aromatic rings. The zero-order valence-corrected chi connectivity index (χ0v) is 10.8. The van der Waals surface area contributed by atoms with Crippen LogP contribution >= 0.6 is 11.3 Å². The van der Waals surface area contributed by atoms with Crippen molar-refractivity contribution in [2.75, 3.05) is 25.1 Å². The van der Waals surface area contributed by atoms with E-state index < -0.39 is 0 Å². The van der Waals surface area contributed by atoms with Gasteiger partial charge in [0.25, 0.3) is 0 Å². The second-order valence-corrected chi connectivity index (χ2v) is 4.28. The van der Waals surface area contributed by atoms with Gasteiger partial charge in [-0.3, -0.25) is 0 Å². The van der Waals surface area contributed by atoms with Crippen LogP contribution in [0.3, 0.4) is 0 Å². The molecule has 0 N–H and O–H groups in total. The highest BCUT2D eigenvalue weighted by Gasteiger charge is 2.13. The molecule has 0 unspecified atom stereocenters. The Morgan fingerprint density at radius 2 is 2.31 bits per heavy atom. The summed E-state index contributed by atoms with van der Waals surface area (Å²) in [4.78, 5) is 17.7. The fourth-order valence-electron chi connectivity index (χ4n) is 1.35. The van der Waals surface area contributed by atoms with E-state index in [1.54, 1.807) is 5.38 Å². The Labute approximate surface area is 100 Å². The molecule has 1 rings (SSSR count). The SMILES string of the molecule is CCCCN(CC)c1nc(C(=O)OC)cs1. The molecular formula is C11H18N2O2S. The molecular weight excluding hydrogens is 224 g/mol. The van der Waals surface area contributed by atoms with Gasteiger partial charge in [-0.1, -0.05) is 13.3 Å². The van der Waals surface area contributed by atoms with Crippen LogP contribution in [0, 0.1) is 0 Å². The molecule has 0 radical (unpaired) electrons. The highest BCUT2D eigenvalue weighted by Crippen LogP contribution is 2.21. The number of thiazole rings is 1. The average molecular weight is 242 g/mol. The van der Waals surface area contributed by atoms with E-state index in [0.717, 1.165) is 31.1 Å². The Bertz CT molecular complexity index is 338. The Balaban J connectivity index is 2.70. The van der Waals surface area contributed by atoms with Crippen molar-refractivity contribution < 1.29 is 9.53 Å². The number of nitrogens with zero attached hydrogens (tertiary/aromatic N) is 2. The normalized spacial score (nSPS) is 10.2. The minimum atomic E-state index is -0.367. The number of esters is 1. The number of unbranched alkanes of at least 4 members (excludes halogenated alkanes) is 1. The van der Waals surface area contributed by atoms with Gasteiger partial charge < -0.3 is 9.64 Å². The molecule has 90 valence electrons. The summed E-state index contributed by atoms with van der Waals surface area (Å²) in [6.07, 6.45) is 2.30. The predicted molar refractivity (Wildman–Crippen MR) is 66.2 cm³/mol. The number of hydrogen-bond donors (Lipinski definition) is 0. The highest BCUT2D eigenvalue weighted by molar-refractivity contribution is 7.13. The van der Waals surface area contributed by atoms with Crippen LogP contribution in [0.15, 0.2) is 5.38 Å². The number of carbonyl (C=O) groups is 1. The van der Waals surface area contributed by atoms with E-state index in [-0.39, 0.29) is 5.97 Å². The third kappa shape index (κ3) is 3.20. The van der Waals surface area contributed by atoms with Gasteiger partial charge >= 0.3 is 5.97 Å². The first-order valence-corrected chi connectivity index (χ1v) is 6.39. The van der Waals surface area contributed by atoms with Crippen LogP contribution in [-0.2, 0) is 4.74 Å². The largest absolute Gasteiger partial charge is 0.464 e. The van der Waals surface area contributed by atoms with Crippen molar-refractivity contribution in [1.82, 2.24) is 4.98 Å². The second kappa shape index (κ2) is 6.48. The Morgan fingerprint density at radius 1 is 1.56 bits per heavy atom. The fourth-order valence-corrected chi connectivity index (χ4v) is 2.23. The van der Waals surface area contributed by atoms with Gasteiger partial charge in [-0.15, -0.1) is 11.3 Å². The quantitative estimate of drug-likeness (QED) is 0.719. The molecule has 0 aromatic carbocycles. The van der Waals surface area contributed by atoms with Crippen molar-refractivity contribution in [2.24, 2.45) is 0 Å². The summed E-state index contributed by atoms with van der Waals surface area (Å²) in [7, 11) is 1.37. The fraction of sp³-hybridized carbons (Fsp3) is 0.636. The standard InChI is InChI=1S/C11H18N2O2S/c1-4-6-7-13(5-2)11-12-9(8-16-11)10(14)15-3/h8H,4-7H2,1-3H3. The number of carbonyl (C=O) groups excluding carboxylic acids is 1. The van der Waals surface area contributed by atoms with Crippen molar-refractivity contribution in [2.45, 2.75) is 26.7 Å². The molecule has 0 aliphatic rings. The van der Waals surface area contributed by atoms with E-state index in [1.165, 1.54) is 18.4 Å². The molecule has 0 bridgehead atoms. The van der Waals surface area contributed by atoms with Gasteiger partial charge in [0, 0.05) is 18.5 Å². The summed E-state index contributed by atoms with van der Waals surface area (Å²) < 4.78 is 4.63. The van der Waals surface area contributed by atoms with Crippen molar-refractivity contribution in [3.05, 3.63) is 11.1 Å². The van der Waals surface area contributed by atoms with Crippen LogP contribution < -0.4 is 4.90 Å². The maximum Gasteiger partial charge on any atom is 0.357 e. The van der Waals surface area contributed by atoms with Crippen molar-refractivity contribution in [3.8, 4) is 0 Å². The maximum atomic E-state index is 11.3. The van der Waals surface area contributed by atoms with Crippen LogP contribution in [0.2, 0.25) is 0 Å². The van der Waals surface area contributed by atoms with Crippen LogP contribution in [0.5, 0.6) is 0 Å². The zero-order chi connectivity index (χ0) is 12.0. The molecule has 5 heteroatoms. The topological polar surface area (TPSA) is 42.4 Å². The molecule has 0 atom stereocenters. The Hall–Kier alpha value is -1.10. The molecule has 0 saturated heterocycles. The smallest absolute Gasteiger partial charge is 0.357 e. The summed E-state index contributed by atoms with van der Waals surface area (Å²) in [5.74, 6) is -0.367. The van der Waals surface area contributed by atoms with Crippen LogP contribution in [0.25, 0.3) is 0 Å². The Morgan fingerprint density at radius 3 is 2.88 bits per heavy atom. The average Bonchev–Trinajstić information content (AvgIpc) is 2.78. The molecule has 1 aromatic heterocycles. The highest BCUT2D eigenvalue weighted by atomic mass is 32.1. The van der Waals surface area contributed by atoms with Crippen LogP contribution in [-0.4, -0.2) is 31.2 Å². The van der Waals surface area contributed by atoms with Crippen LogP contribution in [0.4, 0.5) is 5.13 Å². The minimum Gasteiger partial charge on any atom is -0.464 e. The van der Waals surface area contributed by atoms with Gasteiger partial charge in [0.05, 0.1) is 7.11 Å². The van der Waals surface area contributed by atoms with E-state index in [0.29, 0.717) is 5.69 Å². The summed E-state index contributed by atoms with van der Waals surface area (Å²) in [6.45, 7) is 6.15. The summed E-state index contributed by atoms with van der Waals surface area (Å²) in [5, 5.41) is 2.65. The second-order valence-electron chi connectivity index (χ2n) is 3.44. The molecule has 4 nitrogen and oxygen atoms in total. The number of methoxy groups -OCH3 is 1. The first kappa shape index (κ1) is 13.0. The summed E-state index contributed by atoms with van der Waals surface area (Å²) in [6, 6.07) is 0. The minimum absolute atomic E-state index is 0.367. The Kier molecular flexibility index (Phi) is 5.25. The molecule has 0 amide bonds. The molecule has 0 aliphatic carbocycles. The number of rotatable bonds is 6. The molecule has 16 heavy (non-hydrogen) atoms. The zero-order valence-electron chi connectivity index (χ0n) is 10.0. The van der Waals surface area contributed by atoms with E-state index in [2.05, 4.69) is 28.5 Å². The van der Waals surface area contributed by atoms with Crippen molar-refractivity contribution in [1.29, 1.82) is 0 Å². The number of anilines is 1. The van der Waals surface area contributed by atoms with E-state index >= 15 is 0 Å². The van der Waals surface area contributed by atoms with Gasteiger partial charge in [-0.05, 0) is 13.3 Å². The lowest BCUT2D eigenvalue weighted by atomic mass is 10.3. The van der Waals surface area contributed by atoms with Gasteiger partial charge in [-0.2, -0.15) is 0 Å². The van der Waals surface area contributed by atoms with Gasteiger partial charge in [0.15, 0.2) is 10.8 Å². The molecule has 0 aliphatic heterocycles. The van der Waals surface area contributed by atoms with E-state index in [1.807, 2.05) is 0 Å². The van der Waals surface area contributed by atoms with Crippen LogP contribution in [0.1, 0.15) is 37.2 Å². The number of aromatic nitrogens is 1. The third-order valence-electron chi connectivity index (χ3n) is 2.32. The van der Waals surface area contributed by atoms with Gasteiger partial charge in [0.1, 0.15) is 0 Å². The number of hydrogen-bond acceptors (Lipinski definition) is 5. The number of ether oxygens (including phenoxy) is 1. The lowest BCUT2D eigenvalue weighted by Crippen LogP contribution is -2.23. The first-order chi connectivity index (χ1) is 7.72. The van der Waals surface area contributed by atoms with Gasteiger partial charge in [0.2, 0.25) is 0 Å². The summed E-state index contributed by atoms with van der Waals surface area (Å²) in [5.41, 5.74) is 0.400. The lowest BCUT2D eigenvalue weighted by Gasteiger charge is -2.18. The third-order valence-corrected chi connectivity index (χ3v) is 3.22. The van der Waals surface area contributed by atoms with Crippen molar-refractivity contribution >= 4 is 22.4 Å². The van der Waals surface area contributed by atoms with Gasteiger partial charge in [-0.25, -0.2) is 9.78 Å². The predicted octanol–water partition coefficient (Wildman–Crippen LogP) is 2.56. The lowest BCUT2D eigenvalue weighted by molar-refractivity contribution is 0.0595. The first-order valence-electron chi connectivity index (χ1n) is 5.51. The monoisotopic (exact) mass is 242 g/mol.